The second kappa shape index (κ2) is 9.71. The standard InChI is InChI=1S/C29H23NO5S/c1-34-26-18-9-8-17-25(26)30-28(31)27(36(32,33)29(30)22-12-4-2-5-13-22)20-21-11-10-16-24(19-21)35-23-14-6-3-7-15-23/h2-20,29H,1H3/b27-20-. The minimum atomic E-state index is -4.08. The van der Waals surface area contributed by atoms with Gasteiger partial charge in [-0.1, -0.05) is 72.8 Å². The number of methoxy groups -OCH3 is 1. The molecule has 0 radical (unpaired) electrons. The van der Waals surface area contributed by atoms with Gasteiger partial charge in [0.2, 0.25) is 9.84 Å². The fraction of sp³-hybridized carbons (Fsp3) is 0.0690. The van der Waals surface area contributed by atoms with Crippen LogP contribution in [0.25, 0.3) is 6.08 Å². The number of anilines is 1. The number of hydrogen-bond acceptors (Lipinski definition) is 5. The van der Waals surface area contributed by atoms with Gasteiger partial charge >= 0.3 is 0 Å². The molecule has 1 unspecified atom stereocenters. The lowest BCUT2D eigenvalue weighted by Gasteiger charge is -2.24. The number of amides is 1. The monoisotopic (exact) mass is 497 g/mol. The zero-order valence-electron chi connectivity index (χ0n) is 19.4. The maximum absolute atomic E-state index is 13.9. The number of rotatable bonds is 6. The van der Waals surface area contributed by atoms with E-state index >= 15 is 0 Å². The number of nitrogens with zero attached hydrogens (tertiary/aromatic N) is 1. The molecule has 4 aromatic rings. The van der Waals surface area contributed by atoms with E-state index in [1.54, 1.807) is 78.9 Å². The Morgan fingerprint density at radius 2 is 1.42 bits per heavy atom. The quantitative estimate of drug-likeness (QED) is 0.306. The summed E-state index contributed by atoms with van der Waals surface area (Å²) >= 11 is 0. The average Bonchev–Trinajstić information content (AvgIpc) is 3.10. The number of ether oxygens (including phenoxy) is 2. The molecule has 6 nitrogen and oxygen atoms in total. The highest BCUT2D eigenvalue weighted by Gasteiger charge is 2.50. The van der Waals surface area contributed by atoms with Gasteiger partial charge in [0.15, 0.2) is 5.37 Å². The molecule has 1 aliphatic rings. The van der Waals surface area contributed by atoms with Gasteiger partial charge in [0.1, 0.15) is 22.2 Å². The summed E-state index contributed by atoms with van der Waals surface area (Å²) in [6.07, 6.45) is 1.40. The van der Waals surface area contributed by atoms with Gasteiger partial charge in [-0.3, -0.25) is 9.69 Å². The minimum absolute atomic E-state index is 0.292. The van der Waals surface area contributed by atoms with Gasteiger partial charge in [0.05, 0.1) is 12.8 Å². The molecule has 1 fully saturated rings. The van der Waals surface area contributed by atoms with Gasteiger partial charge in [0.25, 0.3) is 5.91 Å². The van der Waals surface area contributed by atoms with Crippen LogP contribution in [-0.4, -0.2) is 21.4 Å². The number of para-hydroxylation sites is 3. The Hall–Kier alpha value is -4.36. The van der Waals surface area contributed by atoms with Crippen molar-refractivity contribution >= 4 is 27.5 Å². The number of sulfone groups is 1. The van der Waals surface area contributed by atoms with Crippen molar-refractivity contribution in [3.8, 4) is 17.2 Å². The molecule has 4 aromatic carbocycles. The van der Waals surface area contributed by atoms with E-state index in [2.05, 4.69) is 0 Å². The van der Waals surface area contributed by atoms with Crippen LogP contribution in [0.5, 0.6) is 17.2 Å². The Bertz CT molecular complexity index is 1530. The van der Waals surface area contributed by atoms with Crippen LogP contribution in [0.4, 0.5) is 5.69 Å². The largest absolute Gasteiger partial charge is 0.495 e. The van der Waals surface area contributed by atoms with Crippen molar-refractivity contribution in [3.63, 3.8) is 0 Å². The van der Waals surface area contributed by atoms with Crippen molar-refractivity contribution in [2.45, 2.75) is 5.37 Å². The molecule has 7 heteroatoms. The molecule has 0 spiro atoms. The lowest BCUT2D eigenvalue weighted by molar-refractivity contribution is -0.114. The zero-order chi connectivity index (χ0) is 25.1. The van der Waals surface area contributed by atoms with E-state index in [1.165, 1.54) is 18.1 Å². The van der Waals surface area contributed by atoms with E-state index < -0.39 is 21.1 Å². The summed E-state index contributed by atoms with van der Waals surface area (Å²) < 4.78 is 39.1. The number of hydrogen-bond donors (Lipinski definition) is 0. The SMILES string of the molecule is COc1ccccc1N1C(=O)/C(=C/c2cccc(Oc3ccccc3)c2)S(=O)(=O)C1c1ccccc1. The molecule has 180 valence electrons. The van der Waals surface area contributed by atoms with Crippen LogP contribution >= 0.6 is 0 Å². The summed E-state index contributed by atoms with van der Waals surface area (Å²) in [6.45, 7) is 0. The number of carbonyl (C=O) groups is 1. The molecule has 1 heterocycles. The molecule has 0 bridgehead atoms. The van der Waals surface area contributed by atoms with E-state index in [4.69, 9.17) is 9.47 Å². The normalized spacial score (nSPS) is 17.8. The summed E-state index contributed by atoms with van der Waals surface area (Å²) in [4.78, 5) is 14.7. The average molecular weight is 498 g/mol. The third-order valence-corrected chi connectivity index (χ3v) is 7.81. The second-order valence-electron chi connectivity index (χ2n) is 8.15. The lowest BCUT2D eigenvalue weighted by atomic mass is 10.1. The van der Waals surface area contributed by atoms with Crippen LogP contribution in [0.1, 0.15) is 16.5 Å². The van der Waals surface area contributed by atoms with E-state index in [0.717, 1.165) is 0 Å². The predicted octanol–water partition coefficient (Wildman–Crippen LogP) is 5.99. The van der Waals surface area contributed by atoms with Gasteiger partial charge in [-0.25, -0.2) is 8.42 Å². The van der Waals surface area contributed by atoms with Gasteiger partial charge in [-0.2, -0.15) is 0 Å². The van der Waals surface area contributed by atoms with Crippen LogP contribution in [0.2, 0.25) is 0 Å². The zero-order valence-corrected chi connectivity index (χ0v) is 20.3. The summed E-state index contributed by atoms with van der Waals surface area (Å²) in [5, 5.41) is -1.22. The molecule has 1 aliphatic heterocycles. The van der Waals surface area contributed by atoms with Crippen molar-refractivity contribution in [1.82, 2.24) is 0 Å². The van der Waals surface area contributed by atoms with E-state index in [1.807, 2.05) is 30.3 Å². The fourth-order valence-electron chi connectivity index (χ4n) is 4.20. The first-order chi connectivity index (χ1) is 17.5. The van der Waals surface area contributed by atoms with Crippen LogP contribution in [-0.2, 0) is 14.6 Å². The molecule has 0 aliphatic carbocycles. The van der Waals surface area contributed by atoms with Crippen molar-refractivity contribution < 1.29 is 22.7 Å². The molecule has 36 heavy (non-hydrogen) atoms. The third-order valence-electron chi connectivity index (χ3n) is 5.83. The lowest BCUT2D eigenvalue weighted by Crippen LogP contribution is -2.29. The van der Waals surface area contributed by atoms with E-state index in [-0.39, 0.29) is 4.91 Å². The van der Waals surface area contributed by atoms with Crippen LogP contribution in [0, 0.1) is 0 Å². The highest BCUT2D eigenvalue weighted by atomic mass is 32.2. The Labute approximate surface area is 210 Å². The van der Waals surface area contributed by atoms with Gasteiger partial charge < -0.3 is 9.47 Å². The molecular formula is C29H23NO5S. The minimum Gasteiger partial charge on any atom is -0.495 e. The van der Waals surface area contributed by atoms with Crippen LogP contribution < -0.4 is 14.4 Å². The van der Waals surface area contributed by atoms with Crippen LogP contribution in [0.3, 0.4) is 0 Å². The highest BCUT2D eigenvalue weighted by molar-refractivity contribution is 7.97. The predicted molar refractivity (Wildman–Crippen MR) is 140 cm³/mol. The van der Waals surface area contributed by atoms with Crippen molar-refractivity contribution in [2.75, 3.05) is 12.0 Å². The van der Waals surface area contributed by atoms with Crippen molar-refractivity contribution in [3.05, 3.63) is 125 Å². The topological polar surface area (TPSA) is 72.9 Å². The fourth-order valence-corrected chi connectivity index (χ4v) is 6.09. The molecule has 0 saturated carbocycles. The van der Waals surface area contributed by atoms with E-state index in [0.29, 0.717) is 34.1 Å². The Balaban J connectivity index is 1.61. The molecular weight excluding hydrogens is 474 g/mol. The van der Waals surface area contributed by atoms with Gasteiger partial charge in [-0.15, -0.1) is 0 Å². The van der Waals surface area contributed by atoms with Crippen molar-refractivity contribution in [1.29, 1.82) is 0 Å². The van der Waals surface area contributed by atoms with E-state index in [9.17, 15) is 13.2 Å². The maximum Gasteiger partial charge on any atom is 0.271 e. The van der Waals surface area contributed by atoms with Crippen LogP contribution in [0.15, 0.2) is 114 Å². The summed E-state index contributed by atoms with van der Waals surface area (Å²) in [6, 6.07) is 31.8. The first-order valence-corrected chi connectivity index (χ1v) is 12.8. The maximum atomic E-state index is 13.9. The number of benzene rings is 4. The first-order valence-electron chi connectivity index (χ1n) is 11.3. The second-order valence-corrected chi connectivity index (χ2v) is 10.1. The molecule has 5 rings (SSSR count). The Morgan fingerprint density at radius 1 is 0.778 bits per heavy atom. The molecule has 0 N–H and O–H groups in total. The summed E-state index contributed by atoms with van der Waals surface area (Å²) in [5.41, 5.74) is 1.40. The Kier molecular flexibility index (Phi) is 6.31. The molecule has 1 amide bonds. The molecule has 1 saturated heterocycles. The van der Waals surface area contributed by atoms with Gasteiger partial charge in [0, 0.05) is 0 Å². The highest BCUT2D eigenvalue weighted by Crippen LogP contribution is 2.46. The smallest absolute Gasteiger partial charge is 0.271 e. The summed E-state index contributed by atoms with van der Waals surface area (Å²) in [7, 11) is -2.59. The molecule has 0 aromatic heterocycles. The van der Waals surface area contributed by atoms with Gasteiger partial charge in [-0.05, 0) is 53.6 Å². The van der Waals surface area contributed by atoms with Crippen molar-refractivity contribution in [2.24, 2.45) is 0 Å². The number of carbonyl (C=O) groups excluding carboxylic acids is 1. The first kappa shape index (κ1) is 23.4. The summed E-state index contributed by atoms with van der Waals surface area (Å²) in [5.74, 6) is 0.960. The third kappa shape index (κ3) is 4.36. The Morgan fingerprint density at radius 3 is 2.14 bits per heavy atom. The molecule has 1 atom stereocenters.